The summed E-state index contributed by atoms with van der Waals surface area (Å²) >= 11 is 0. The number of carboxylic acids is 1. The molecule has 0 fully saturated rings. The molecule has 0 bridgehead atoms. The van der Waals surface area contributed by atoms with Gasteiger partial charge in [0.25, 0.3) is 0 Å². The van der Waals surface area contributed by atoms with E-state index in [0.29, 0.717) is 6.61 Å². The minimum Gasteiger partial charge on any atom is -0.494 e. The maximum atomic E-state index is 10.8. The van der Waals surface area contributed by atoms with Gasteiger partial charge in [-0.2, -0.15) is 0 Å². The number of carboxylic acid groups (broad SMARTS) is 1. The number of carbonyl (C=O) groups is 1. The zero-order valence-corrected chi connectivity index (χ0v) is 11.8. The normalized spacial score (nSPS) is 10.7. The van der Waals surface area contributed by atoms with Gasteiger partial charge in [0.2, 0.25) is 0 Å². The molecule has 0 heterocycles. The van der Waals surface area contributed by atoms with E-state index in [1.807, 2.05) is 24.3 Å². The number of hydrogen-bond donors (Lipinski definition) is 1. The molecule has 2 aromatic carbocycles. The number of ether oxygens (including phenoxy) is 1. The lowest BCUT2D eigenvalue weighted by atomic mass is 10.1. The number of benzene rings is 2. The molecular weight excluding hydrogens is 266 g/mol. The van der Waals surface area contributed by atoms with E-state index < -0.39 is 5.97 Å². The van der Waals surface area contributed by atoms with Crippen molar-refractivity contribution < 1.29 is 14.6 Å². The van der Waals surface area contributed by atoms with Crippen molar-refractivity contribution in [2.45, 2.75) is 13.3 Å². The maximum absolute atomic E-state index is 10.8. The Labute approximate surface area is 123 Å². The third-order valence-corrected chi connectivity index (χ3v) is 2.83. The lowest BCUT2D eigenvalue weighted by molar-refractivity contribution is 0.0697. The molecule has 0 aliphatic rings. The third kappa shape index (κ3) is 4.45. The summed E-state index contributed by atoms with van der Waals surface area (Å²) in [7, 11) is 0. The van der Waals surface area contributed by atoms with E-state index in [0.717, 1.165) is 23.4 Å². The van der Waals surface area contributed by atoms with E-state index in [9.17, 15) is 4.79 Å². The molecule has 108 valence electrons. The van der Waals surface area contributed by atoms with Crippen LogP contribution in [0.5, 0.6) is 5.75 Å². The van der Waals surface area contributed by atoms with Gasteiger partial charge in [0.15, 0.2) is 0 Å². The highest BCUT2D eigenvalue weighted by molar-refractivity contribution is 5.89. The highest BCUT2D eigenvalue weighted by atomic mass is 16.5. The summed E-state index contributed by atoms with van der Waals surface area (Å²) in [5, 5.41) is 8.83. The van der Waals surface area contributed by atoms with Gasteiger partial charge < -0.3 is 9.84 Å². The average molecular weight is 283 g/mol. The van der Waals surface area contributed by atoms with Gasteiger partial charge >= 0.3 is 5.97 Å². The fourth-order valence-electron chi connectivity index (χ4n) is 1.71. The quantitative estimate of drug-likeness (QED) is 0.817. The molecule has 4 heteroatoms. The lowest BCUT2D eigenvalue weighted by Crippen LogP contribution is -1.95. The second-order valence-corrected chi connectivity index (χ2v) is 4.53. The molecule has 0 saturated heterocycles. The van der Waals surface area contributed by atoms with Crippen LogP contribution in [0.15, 0.2) is 53.5 Å². The second-order valence-electron chi connectivity index (χ2n) is 4.53. The van der Waals surface area contributed by atoms with Crippen molar-refractivity contribution in [3.8, 4) is 5.75 Å². The zero-order valence-electron chi connectivity index (χ0n) is 11.8. The maximum Gasteiger partial charge on any atom is 0.335 e. The molecule has 4 nitrogen and oxygen atoms in total. The van der Waals surface area contributed by atoms with Gasteiger partial charge in [0, 0.05) is 6.21 Å². The topological polar surface area (TPSA) is 58.9 Å². The fourth-order valence-corrected chi connectivity index (χ4v) is 1.71. The Morgan fingerprint density at radius 2 is 1.81 bits per heavy atom. The minimum atomic E-state index is -0.929. The van der Waals surface area contributed by atoms with Crippen LogP contribution in [0.4, 0.5) is 5.69 Å². The Morgan fingerprint density at radius 3 is 2.38 bits per heavy atom. The molecule has 0 unspecified atom stereocenters. The van der Waals surface area contributed by atoms with Crippen molar-refractivity contribution in [3.05, 3.63) is 59.7 Å². The molecule has 0 atom stereocenters. The summed E-state index contributed by atoms with van der Waals surface area (Å²) in [6.07, 6.45) is 2.68. The van der Waals surface area contributed by atoms with Gasteiger partial charge in [0.05, 0.1) is 17.9 Å². The van der Waals surface area contributed by atoms with Gasteiger partial charge in [-0.1, -0.05) is 19.1 Å². The van der Waals surface area contributed by atoms with Crippen LogP contribution in [0.25, 0.3) is 0 Å². The molecule has 0 amide bonds. The van der Waals surface area contributed by atoms with Crippen LogP contribution < -0.4 is 4.74 Å². The molecule has 21 heavy (non-hydrogen) atoms. The number of nitrogens with zero attached hydrogens (tertiary/aromatic N) is 1. The van der Waals surface area contributed by atoms with Crippen molar-refractivity contribution in [2.24, 2.45) is 4.99 Å². The van der Waals surface area contributed by atoms with E-state index in [4.69, 9.17) is 9.84 Å². The summed E-state index contributed by atoms with van der Waals surface area (Å²) < 4.78 is 5.50. The van der Waals surface area contributed by atoms with Crippen molar-refractivity contribution in [2.75, 3.05) is 6.61 Å². The van der Waals surface area contributed by atoms with Gasteiger partial charge in [-0.15, -0.1) is 0 Å². The van der Waals surface area contributed by atoms with Crippen molar-refractivity contribution in [1.29, 1.82) is 0 Å². The van der Waals surface area contributed by atoms with E-state index in [-0.39, 0.29) is 5.56 Å². The molecule has 0 aliphatic carbocycles. The summed E-state index contributed by atoms with van der Waals surface area (Å²) in [5.74, 6) is -0.0947. The first-order chi connectivity index (χ1) is 10.2. The van der Waals surface area contributed by atoms with E-state index in [1.54, 1.807) is 30.5 Å². The van der Waals surface area contributed by atoms with Gasteiger partial charge in [-0.3, -0.25) is 4.99 Å². The Hall–Kier alpha value is -2.62. The second kappa shape index (κ2) is 7.24. The van der Waals surface area contributed by atoms with Crippen LogP contribution in [0.3, 0.4) is 0 Å². The van der Waals surface area contributed by atoms with Crippen LogP contribution in [0.1, 0.15) is 29.3 Å². The molecule has 2 aromatic rings. The fraction of sp³-hybridized carbons (Fsp3) is 0.176. The molecule has 2 rings (SSSR count). The minimum absolute atomic E-state index is 0.268. The molecular formula is C17H17NO3. The van der Waals surface area contributed by atoms with E-state index in [1.165, 1.54) is 0 Å². The zero-order chi connectivity index (χ0) is 15.1. The van der Waals surface area contributed by atoms with Crippen LogP contribution in [0, 0.1) is 0 Å². The Bertz CT molecular complexity index is 615. The Balaban J connectivity index is 2.01. The smallest absolute Gasteiger partial charge is 0.335 e. The molecule has 0 spiro atoms. The number of aromatic carboxylic acids is 1. The number of rotatable bonds is 6. The molecule has 1 N–H and O–H groups in total. The number of aliphatic imine (C=N–C) groups is 1. The van der Waals surface area contributed by atoms with Crippen LogP contribution in [-0.2, 0) is 0 Å². The van der Waals surface area contributed by atoms with Crippen LogP contribution in [0.2, 0.25) is 0 Å². The monoisotopic (exact) mass is 283 g/mol. The first-order valence-electron chi connectivity index (χ1n) is 6.79. The standard InChI is InChI=1S/C17H17NO3/c1-2-11-21-16-9-7-15(8-10-16)18-12-13-3-5-14(6-4-13)17(19)20/h3-10,12H,2,11H2,1H3,(H,19,20). The Kier molecular flexibility index (Phi) is 5.10. The summed E-state index contributed by atoms with van der Waals surface area (Å²) in [6, 6.07) is 14.1. The van der Waals surface area contributed by atoms with Crippen molar-refractivity contribution in [3.63, 3.8) is 0 Å². The molecule has 0 aliphatic heterocycles. The SMILES string of the molecule is CCCOc1ccc(N=Cc2ccc(C(=O)O)cc2)cc1. The average Bonchev–Trinajstić information content (AvgIpc) is 2.52. The van der Waals surface area contributed by atoms with Gasteiger partial charge in [-0.25, -0.2) is 4.79 Å². The van der Waals surface area contributed by atoms with E-state index in [2.05, 4.69) is 11.9 Å². The van der Waals surface area contributed by atoms with Crippen molar-refractivity contribution in [1.82, 2.24) is 0 Å². The largest absolute Gasteiger partial charge is 0.494 e. The molecule has 0 radical (unpaired) electrons. The van der Waals surface area contributed by atoms with E-state index >= 15 is 0 Å². The predicted molar refractivity (Wildman–Crippen MR) is 82.9 cm³/mol. The molecule has 0 saturated carbocycles. The van der Waals surface area contributed by atoms with Gasteiger partial charge in [0.1, 0.15) is 5.75 Å². The van der Waals surface area contributed by atoms with Gasteiger partial charge in [-0.05, 0) is 48.4 Å². The first kappa shape index (κ1) is 14.8. The highest BCUT2D eigenvalue weighted by Gasteiger charge is 2.00. The molecule has 0 aromatic heterocycles. The predicted octanol–water partition coefficient (Wildman–Crippen LogP) is 3.92. The number of hydrogen-bond acceptors (Lipinski definition) is 3. The lowest BCUT2D eigenvalue weighted by Gasteiger charge is -2.03. The van der Waals surface area contributed by atoms with Crippen molar-refractivity contribution >= 4 is 17.9 Å². The Morgan fingerprint density at radius 1 is 1.14 bits per heavy atom. The van der Waals surface area contributed by atoms with Crippen LogP contribution in [-0.4, -0.2) is 23.9 Å². The summed E-state index contributed by atoms with van der Waals surface area (Å²) in [5.41, 5.74) is 1.94. The summed E-state index contributed by atoms with van der Waals surface area (Å²) in [4.78, 5) is 15.1. The third-order valence-electron chi connectivity index (χ3n) is 2.83. The van der Waals surface area contributed by atoms with Crippen LogP contribution >= 0.6 is 0 Å². The highest BCUT2D eigenvalue weighted by Crippen LogP contribution is 2.18. The summed E-state index contributed by atoms with van der Waals surface area (Å²) in [6.45, 7) is 2.77. The first-order valence-corrected chi connectivity index (χ1v) is 6.79.